The van der Waals surface area contributed by atoms with Crippen LogP contribution in [0.1, 0.15) is 17.3 Å². The fourth-order valence-electron chi connectivity index (χ4n) is 1.69. The number of benzene rings is 2. The van der Waals surface area contributed by atoms with Gasteiger partial charge in [-0.3, -0.25) is 4.79 Å². The first-order chi connectivity index (χ1) is 8.97. The minimum Gasteiger partial charge on any atom is -0.398 e. The Morgan fingerprint density at radius 3 is 2.68 bits per heavy atom. The Balaban J connectivity index is 2.36. The molecule has 0 aliphatic heterocycles. The second-order valence-electron chi connectivity index (χ2n) is 4.11. The third kappa shape index (κ3) is 3.12. The fraction of sp³-hybridized carbons (Fsp3) is 0.0714. The number of nitrogens with two attached hydrogens (primary N) is 1. The molecule has 0 aliphatic rings. The van der Waals surface area contributed by atoms with Crippen molar-refractivity contribution in [1.29, 1.82) is 0 Å². The minimum atomic E-state index is -0.371. The number of carbonyl (C=O) groups is 1. The van der Waals surface area contributed by atoms with E-state index in [4.69, 9.17) is 5.73 Å². The lowest BCUT2D eigenvalue weighted by Crippen LogP contribution is -2.01. The SMILES string of the molecule is CC(=O)c1cc(Nc2cc(Br)ccc2F)ccc1N. The van der Waals surface area contributed by atoms with Gasteiger partial charge in [-0.15, -0.1) is 0 Å². The molecule has 0 saturated carbocycles. The van der Waals surface area contributed by atoms with Crippen LogP contribution in [0.25, 0.3) is 0 Å². The molecule has 3 nitrogen and oxygen atoms in total. The summed E-state index contributed by atoms with van der Waals surface area (Å²) >= 11 is 3.28. The van der Waals surface area contributed by atoms with E-state index >= 15 is 0 Å². The smallest absolute Gasteiger partial charge is 0.161 e. The van der Waals surface area contributed by atoms with Gasteiger partial charge >= 0.3 is 0 Å². The van der Waals surface area contributed by atoms with Gasteiger partial charge in [-0.2, -0.15) is 0 Å². The number of Topliss-reactive ketones (excluding diaryl/α,β-unsaturated/α-hetero) is 1. The summed E-state index contributed by atoms with van der Waals surface area (Å²) in [6.45, 7) is 1.44. The van der Waals surface area contributed by atoms with E-state index in [1.165, 1.54) is 13.0 Å². The van der Waals surface area contributed by atoms with Crippen LogP contribution in [0.15, 0.2) is 40.9 Å². The Morgan fingerprint density at radius 2 is 2.00 bits per heavy atom. The van der Waals surface area contributed by atoms with Crippen molar-refractivity contribution in [1.82, 2.24) is 0 Å². The van der Waals surface area contributed by atoms with Gasteiger partial charge in [-0.25, -0.2) is 4.39 Å². The molecule has 2 rings (SSSR count). The van der Waals surface area contributed by atoms with Crippen molar-refractivity contribution in [2.45, 2.75) is 6.92 Å². The van der Waals surface area contributed by atoms with Crippen LogP contribution in [0.3, 0.4) is 0 Å². The number of anilines is 3. The monoisotopic (exact) mass is 322 g/mol. The number of ketones is 1. The lowest BCUT2D eigenvalue weighted by atomic mass is 10.1. The number of hydrogen-bond acceptors (Lipinski definition) is 3. The topological polar surface area (TPSA) is 55.1 Å². The molecule has 3 N–H and O–H groups in total. The van der Waals surface area contributed by atoms with Crippen molar-refractivity contribution in [3.8, 4) is 0 Å². The zero-order valence-corrected chi connectivity index (χ0v) is 11.8. The highest BCUT2D eigenvalue weighted by molar-refractivity contribution is 9.10. The normalized spacial score (nSPS) is 10.3. The predicted molar refractivity (Wildman–Crippen MR) is 78.2 cm³/mol. The molecule has 0 atom stereocenters. The van der Waals surface area contributed by atoms with Gasteiger partial charge in [0.15, 0.2) is 5.78 Å². The molecule has 0 spiro atoms. The summed E-state index contributed by atoms with van der Waals surface area (Å²) in [5, 5.41) is 2.92. The quantitative estimate of drug-likeness (QED) is 0.660. The predicted octanol–water partition coefficient (Wildman–Crippen LogP) is 4.12. The van der Waals surface area contributed by atoms with Gasteiger partial charge in [-0.1, -0.05) is 15.9 Å². The van der Waals surface area contributed by atoms with E-state index < -0.39 is 0 Å². The molecule has 2 aromatic rings. The maximum atomic E-state index is 13.6. The van der Waals surface area contributed by atoms with E-state index in [0.717, 1.165) is 4.47 Å². The molecule has 0 unspecified atom stereocenters. The summed E-state index contributed by atoms with van der Waals surface area (Å²) in [5.41, 5.74) is 7.47. The second-order valence-corrected chi connectivity index (χ2v) is 5.02. The molecule has 19 heavy (non-hydrogen) atoms. The lowest BCUT2D eigenvalue weighted by Gasteiger charge is -2.10. The zero-order chi connectivity index (χ0) is 14.0. The van der Waals surface area contributed by atoms with Crippen LogP contribution in [0.5, 0.6) is 0 Å². The largest absolute Gasteiger partial charge is 0.398 e. The van der Waals surface area contributed by atoms with E-state index in [1.54, 1.807) is 30.3 Å². The first kappa shape index (κ1) is 13.5. The Bertz CT molecular complexity index is 643. The van der Waals surface area contributed by atoms with Crippen molar-refractivity contribution in [2.24, 2.45) is 0 Å². The van der Waals surface area contributed by atoms with Crippen molar-refractivity contribution in [3.63, 3.8) is 0 Å². The molecule has 0 heterocycles. The van der Waals surface area contributed by atoms with Gasteiger partial charge in [0.1, 0.15) is 5.82 Å². The molecule has 0 fully saturated rings. The summed E-state index contributed by atoms with van der Waals surface area (Å²) in [4.78, 5) is 11.4. The number of rotatable bonds is 3. The maximum absolute atomic E-state index is 13.6. The van der Waals surface area contributed by atoms with Gasteiger partial charge < -0.3 is 11.1 Å². The average Bonchev–Trinajstić information content (AvgIpc) is 2.36. The van der Waals surface area contributed by atoms with Crippen LogP contribution in [0.2, 0.25) is 0 Å². The Labute approximate surface area is 118 Å². The highest BCUT2D eigenvalue weighted by Crippen LogP contribution is 2.26. The van der Waals surface area contributed by atoms with Gasteiger partial charge in [0.2, 0.25) is 0 Å². The van der Waals surface area contributed by atoms with Crippen molar-refractivity contribution in [2.75, 3.05) is 11.1 Å². The first-order valence-electron chi connectivity index (χ1n) is 5.60. The van der Waals surface area contributed by atoms with E-state index in [9.17, 15) is 9.18 Å². The first-order valence-corrected chi connectivity index (χ1v) is 6.39. The molecule has 0 aliphatic carbocycles. The molecule has 98 valence electrons. The van der Waals surface area contributed by atoms with Crippen LogP contribution < -0.4 is 11.1 Å². The molecular formula is C14H12BrFN2O. The van der Waals surface area contributed by atoms with Gasteiger partial charge in [0.25, 0.3) is 0 Å². The number of carbonyl (C=O) groups excluding carboxylic acids is 1. The Hall–Kier alpha value is -1.88. The van der Waals surface area contributed by atoms with Gasteiger partial charge in [0.05, 0.1) is 5.69 Å². The molecule has 0 radical (unpaired) electrons. The van der Waals surface area contributed by atoms with Crippen LogP contribution >= 0.6 is 15.9 Å². The summed E-state index contributed by atoms with van der Waals surface area (Å²) in [5.74, 6) is -0.500. The van der Waals surface area contributed by atoms with Crippen LogP contribution in [-0.2, 0) is 0 Å². The summed E-state index contributed by atoms with van der Waals surface area (Å²) in [7, 11) is 0. The summed E-state index contributed by atoms with van der Waals surface area (Å²) < 4.78 is 14.4. The molecule has 2 aromatic carbocycles. The van der Waals surface area contributed by atoms with Crippen LogP contribution in [0.4, 0.5) is 21.5 Å². The van der Waals surface area contributed by atoms with E-state index in [2.05, 4.69) is 21.2 Å². The van der Waals surface area contributed by atoms with Crippen molar-refractivity contribution < 1.29 is 9.18 Å². The zero-order valence-electron chi connectivity index (χ0n) is 10.2. The average molecular weight is 323 g/mol. The number of hydrogen-bond donors (Lipinski definition) is 2. The van der Waals surface area contributed by atoms with E-state index in [0.29, 0.717) is 22.6 Å². The highest BCUT2D eigenvalue weighted by atomic mass is 79.9. The van der Waals surface area contributed by atoms with Gasteiger partial charge in [-0.05, 0) is 43.3 Å². The highest BCUT2D eigenvalue weighted by Gasteiger charge is 2.08. The fourth-order valence-corrected chi connectivity index (χ4v) is 2.05. The Kier molecular flexibility index (Phi) is 3.85. The molecule has 0 aromatic heterocycles. The maximum Gasteiger partial charge on any atom is 0.161 e. The summed E-state index contributed by atoms with van der Waals surface area (Å²) in [6, 6.07) is 9.52. The van der Waals surface area contributed by atoms with Crippen molar-refractivity contribution in [3.05, 3.63) is 52.3 Å². The molecule has 0 amide bonds. The van der Waals surface area contributed by atoms with Crippen molar-refractivity contribution >= 4 is 38.8 Å². The van der Waals surface area contributed by atoms with Gasteiger partial charge in [0, 0.05) is 21.4 Å². The molecule has 0 bridgehead atoms. The van der Waals surface area contributed by atoms with Crippen LogP contribution in [0, 0.1) is 5.82 Å². The van der Waals surface area contributed by atoms with E-state index in [1.807, 2.05) is 0 Å². The standard InChI is InChI=1S/C14H12BrFN2O/c1-8(19)11-7-10(3-5-13(11)17)18-14-6-9(15)2-4-12(14)16/h2-7,18H,17H2,1H3. The molecule has 5 heteroatoms. The number of halogens is 2. The molecular weight excluding hydrogens is 311 g/mol. The number of nitrogen functional groups attached to an aromatic ring is 1. The van der Waals surface area contributed by atoms with E-state index in [-0.39, 0.29) is 11.6 Å². The third-order valence-electron chi connectivity index (χ3n) is 2.64. The minimum absolute atomic E-state index is 0.129. The number of nitrogens with one attached hydrogen (secondary N) is 1. The Morgan fingerprint density at radius 1 is 1.26 bits per heavy atom. The molecule has 0 saturated heterocycles. The van der Waals surface area contributed by atoms with Crippen LogP contribution in [-0.4, -0.2) is 5.78 Å². The third-order valence-corrected chi connectivity index (χ3v) is 3.13. The second kappa shape index (κ2) is 5.40. The summed E-state index contributed by atoms with van der Waals surface area (Å²) in [6.07, 6.45) is 0. The lowest BCUT2D eigenvalue weighted by molar-refractivity contribution is 0.101.